The average Bonchev–Trinajstić information content (AvgIpc) is 2.87. The van der Waals surface area contributed by atoms with Crippen LogP contribution in [0.1, 0.15) is 27.1 Å². The normalized spacial score (nSPS) is 10.3. The molecular weight excluding hydrogens is 458 g/mol. The topological polar surface area (TPSA) is 123 Å². The summed E-state index contributed by atoms with van der Waals surface area (Å²) in [6, 6.07) is 15.7. The third-order valence-electron chi connectivity index (χ3n) is 4.72. The summed E-state index contributed by atoms with van der Waals surface area (Å²) < 4.78 is 26.6. The first-order chi connectivity index (χ1) is 16.9. The Kier molecular flexibility index (Phi) is 8.74. The van der Waals surface area contributed by atoms with Crippen molar-refractivity contribution in [3.63, 3.8) is 0 Å². The van der Waals surface area contributed by atoms with E-state index >= 15 is 0 Å². The molecule has 0 heterocycles. The Labute approximate surface area is 201 Å². The number of methoxy groups -OCH3 is 2. The fraction of sp³-hybridized carbons (Fsp3) is 0.200. The number of nitro benzene ring substituents is 1. The highest BCUT2D eigenvalue weighted by molar-refractivity contribution is 5.94. The van der Waals surface area contributed by atoms with E-state index in [2.05, 4.69) is 0 Å². The van der Waals surface area contributed by atoms with Crippen molar-refractivity contribution in [2.24, 2.45) is 0 Å². The molecule has 3 rings (SSSR count). The third kappa shape index (κ3) is 7.02. The van der Waals surface area contributed by atoms with E-state index in [1.165, 1.54) is 55.6 Å². The number of ether oxygens (including phenoxy) is 5. The van der Waals surface area contributed by atoms with E-state index in [0.717, 1.165) is 0 Å². The summed E-state index contributed by atoms with van der Waals surface area (Å²) in [6.07, 6.45) is 0.639. The van der Waals surface area contributed by atoms with E-state index in [9.17, 15) is 19.7 Å². The van der Waals surface area contributed by atoms with Gasteiger partial charge < -0.3 is 23.7 Å². The van der Waals surface area contributed by atoms with Crippen molar-refractivity contribution in [2.45, 2.75) is 6.42 Å². The van der Waals surface area contributed by atoms with Gasteiger partial charge in [0.1, 0.15) is 28.6 Å². The minimum atomic E-state index is -0.668. The minimum Gasteiger partial charge on any atom is -0.497 e. The molecule has 10 nitrogen and oxygen atoms in total. The van der Waals surface area contributed by atoms with Gasteiger partial charge in [0.15, 0.2) is 0 Å². The Morgan fingerprint density at radius 2 is 1.40 bits per heavy atom. The number of hydrogen-bond donors (Lipinski definition) is 0. The number of rotatable bonds is 11. The molecule has 0 aromatic heterocycles. The first-order valence-corrected chi connectivity index (χ1v) is 10.5. The van der Waals surface area contributed by atoms with Crippen LogP contribution in [0.15, 0.2) is 66.7 Å². The second kappa shape index (κ2) is 12.1. The maximum Gasteiger partial charge on any atom is 0.347 e. The maximum absolute atomic E-state index is 12.8. The fourth-order valence-electron chi connectivity index (χ4n) is 2.93. The highest BCUT2D eigenvalue weighted by Gasteiger charge is 2.17. The highest BCUT2D eigenvalue weighted by Crippen LogP contribution is 2.27. The maximum atomic E-state index is 12.8. The Hall–Kier alpha value is -4.44. The summed E-state index contributed by atoms with van der Waals surface area (Å²) in [5.74, 6) is -0.0983. The quantitative estimate of drug-likeness (QED) is 0.128. The molecule has 0 unspecified atom stereocenters. The lowest BCUT2D eigenvalue weighted by molar-refractivity contribution is -0.384. The van der Waals surface area contributed by atoms with Crippen LogP contribution in [-0.4, -0.2) is 44.3 Å². The van der Waals surface area contributed by atoms with Crippen molar-refractivity contribution >= 4 is 17.6 Å². The molecule has 0 atom stereocenters. The molecule has 3 aromatic carbocycles. The first-order valence-electron chi connectivity index (χ1n) is 10.5. The molecule has 0 amide bonds. The van der Waals surface area contributed by atoms with Crippen LogP contribution in [0.5, 0.6) is 23.0 Å². The summed E-state index contributed by atoms with van der Waals surface area (Å²) >= 11 is 0. The van der Waals surface area contributed by atoms with E-state index < -0.39 is 16.9 Å². The number of non-ortho nitro benzene ring substituents is 1. The molecule has 0 aliphatic carbocycles. The van der Waals surface area contributed by atoms with Crippen LogP contribution in [0.25, 0.3) is 0 Å². The molecule has 182 valence electrons. The molecule has 35 heavy (non-hydrogen) atoms. The van der Waals surface area contributed by atoms with Crippen LogP contribution >= 0.6 is 0 Å². The summed E-state index contributed by atoms with van der Waals surface area (Å²) in [4.78, 5) is 35.3. The van der Waals surface area contributed by atoms with Crippen molar-refractivity contribution < 1.29 is 38.2 Å². The van der Waals surface area contributed by atoms with Crippen LogP contribution < -0.4 is 18.9 Å². The minimum absolute atomic E-state index is 0.114. The first kappa shape index (κ1) is 25.2. The number of carbonyl (C=O) groups is 2. The van der Waals surface area contributed by atoms with Gasteiger partial charge >= 0.3 is 11.9 Å². The molecule has 0 saturated carbocycles. The summed E-state index contributed by atoms with van der Waals surface area (Å²) in [7, 11) is 3.10. The lowest BCUT2D eigenvalue weighted by Gasteiger charge is -2.13. The lowest BCUT2D eigenvalue weighted by atomic mass is 10.2. The summed E-state index contributed by atoms with van der Waals surface area (Å²) in [5, 5.41) is 10.7. The predicted octanol–water partition coefficient (Wildman–Crippen LogP) is 4.46. The molecule has 0 fully saturated rings. The van der Waals surface area contributed by atoms with Crippen molar-refractivity contribution in [1.82, 2.24) is 0 Å². The van der Waals surface area contributed by atoms with Gasteiger partial charge in [-0.1, -0.05) is 0 Å². The second-order valence-electron chi connectivity index (χ2n) is 7.11. The predicted molar refractivity (Wildman–Crippen MR) is 124 cm³/mol. The van der Waals surface area contributed by atoms with Gasteiger partial charge in [-0.2, -0.15) is 0 Å². The summed E-state index contributed by atoms with van der Waals surface area (Å²) in [5.41, 5.74) is 0.302. The molecule has 0 spiro atoms. The standard InChI is InChI=1S/C25H23NO9/c1-31-14-3-15-33-23-16-21(32-2)12-13-22(23)25(28)35-19-8-4-17(5-9-19)24(27)34-20-10-6-18(7-11-20)26(29)30/h4-13,16H,3,14-15H2,1-2H3. The Morgan fingerprint density at radius 1 is 0.800 bits per heavy atom. The largest absolute Gasteiger partial charge is 0.497 e. The Bertz CT molecular complexity index is 1170. The number of benzene rings is 3. The van der Waals surface area contributed by atoms with Crippen molar-refractivity contribution in [1.29, 1.82) is 0 Å². The van der Waals surface area contributed by atoms with E-state index in [1.807, 2.05) is 0 Å². The van der Waals surface area contributed by atoms with Crippen molar-refractivity contribution in [3.05, 3.63) is 88.0 Å². The number of carbonyl (C=O) groups excluding carboxylic acids is 2. The van der Waals surface area contributed by atoms with Crippen molar-refractivity contribution in [3.8, 4) is 23.0 Å². The molecule has 0 aliphatic rings. The number of nitro groups is 1. The zero-order chi connectivity index (χ0) is 25.2. The fourth-order valence-corrected chi connectivity index (χ4v) is 2.93. The second-order valence-corrected chi connectivity index (χ2v) is 7.11. The van der Waals surface area contributed by atoms with E-state index in [1.54, 1.807) is 25.3 Å². The van der Waals surface area contributed by atoms with Crippen LogP contribution in [0, 0.1) is 10.1 Å². The SMILES string of the molecule is COCCCOc1cc(OC)ccc1C(=O)Oc1ccc(C(=O)Oc2ccc([N+](=O)[O-])cc2)cc1. The van der Waals surface area contributed by atoms with Crippen LogP contribution in [-0.2, 0) is 4.74 Å². The van der Waals surface area contributed by atoms with E-state index in [4.69, 9.17) is 23.7 Å². The number of esters is 2. The Balaban J connectivity index is 1.65. The van der Waals surface area contributed by atoms with Gasteiger partial charge in [-0.15, -0.1) is 0 Å². The van der Waals surface area contributed by atoms with Gasteiger partial charge in [-0.25, -0.2) is 9.59 Å². The van der Waals surface area contributed by atoms with Gasteiger partial charge in [0.2, 0.25) is 0 Å². The Morgan fingerprint density at radius 3 is 2.00 bits per heavy atom. The molecule has 0 bridgehead atoms. The van der Waals surface area contributed by atoms with Gasteiger partial charge in [0.05, 0.1) is 24.2 Å². The van der Waals surface area contributed by atoms with Crippen LogP contribution in [0.3, 0.4) is 0 Å². The summed E-state index contributed by atoms with van der Waals surface area (Å²) in [6.45, 7) is 0.857. The van der Waals surface area contributed by atoms with Crippen LogP contribution in [0.2, 0.25) is 0 Å². The van der Waals surface area contributed by atoms with Gasteiger partial charge in [0, 0.05) is 38.3 Å². The number of hydrogen-bond acceptors (Lipinski definition) is 9. The average molecular weight is 481 g/mol. The van der Waals surface area contributed by atoms with Gasteiger partial charge in [-0.3, -0.25) is 10.1 Å². The van der Waals surface area contributed by atoms with Crippen LogP contribution in [0.4, 0.5) is 5.69 Å². The van der Waals surface area contributed by atoms with Crippen molar-refractivity contribution in [2.75, 3.05) is 27.4 Å². The van der Waals surface area contributed by atoms with Gasteiger partial charge in [0.25, 0.3) is 5.69 Å². The smallest absolute Gasteiger partial charge is 0.347 e. The highest BCUT2D eigenvalue weighted by atomic mass is 16.6. The zero-order valence-corrected chi connectivity index (χ0v) is 19.1. The molecule has 0 radical (unpaired) electrons. The van der Waals surface area contributed by atoms with E-state index in [-0.39, 0.29) is 28.3 Å². The molecule has 10 heteroatoms. The zero-order valence-electron chi connectivity index (χ0n) is 19.1. The molecular formula is C25H23NO9. The number of nitrogens with zero attached hydrogens (tertiary/aromatic N) is 1. The molecule has 0 N–H and O–H groups in total. The monoisotopic (exact) mass is 481 g/mol. The molecule has 3 aromatic rings. The van der Waals surface area contributed by atoms with E-state index in [0.29, 0.717) is 31.1 Å². The molecule has 0 saturated heterocycles. The molecule has 0 aliphatic heterocycles. The lowest BCUT2D eigenvalue weighted by Crippen LogP contribution is -2.12. The van der Waals surface area contributed by atoms with Gasteiger partial charge in [-0.05, 0) is 48.5 Å². The third-order valence-corrected chi connectivity index (χ3v) is 4.72.